The summed E-state index contributed by atoms with van der Waals surface area (Å²) in [5, 5.41) is 3.46. The third-order valence-electron chi connectivity index (χ3n) is 3.36. The Morgan fingerprint density at radius 3 is 2.25 bits per heavy atom. The van der Waals surface area contributed by atoms with Crippen molar-refractivity contribution >= 4 is 5.69 Å². The van der Waals surface area contributed by atoms with Gasteiger partial charge in [0.1, 0.15) is 0 Å². The maximum absolute atomic E-state index is 3.46. The zero-order valence-corrected chi connectivity index (χ0v) is 12.9. The lowest BCUT2D eigenvalue weighted by Crippen LogP contribution is -2.21. The van der Waals surface area contributed by atoms with Crippen molar-refractivity contribution in [3.05, 3.63) is 54.1 Å². The van der Waals surface area contributed by atoms with Crippen molar-refractivity contribution in [3.63, 3.8) is 0 Å². The molecule has 0 aromatic heterocycles. The molecule has 2 aromatic rings. The molecule has 0 saturated carbocycles. The van der Waals surface area contributed by atoms with Crippen LogP contribution in [-0.4, -0.2) is 20.1 Å². The van der Waals surface area contributed by atoms with Gasteiger partial charge in [0.2, 0.25) is 0 Å². The number of hydrogen-bond acceptors (Lipinski definition) is 2. The van der Waals surface area contributed by atoms with Crippen molar-refractivity contribution in [2.45, 2.75) is 26.4 Å². The first-order chi connectivity index (χ1) is 9.56. The summed E-state index contributed by atoms with van der Waals surface area (Å²) in [5.41, 5.74) is 5.10. The van der Waals surface area contributed by atoms with Crippen LogP contribution in [0.4, 0.5) is 5.69 Å². The fourth-order valence-electron chi connectivity index (χ4n) is 2.13. The lowest BCUT2D eigenvalue weighted by molar-refractivity contribution is 0.589. The van der Waals surface area contributed by atoms with Crippen LogP contribution in [0.2, 0.25) is 0 Å². The molecular formula is C18H24N2. The molecule has 0 aliphatic rings. The quantitative estimate of drug-likeness (QED) is 0.884. The van der Waals surface area contributed by atoms with Gasteiger partial charge in [-0.1, -0.05) is 44.2 Å². The molecule has 0 heterocycles. The van der Waals surface area contributed by atoms with Gasteiger partial charge in [0.15, 0.2) is 0 Å². The molecule has 20 heavy (non-hydrogen) atoms. The van der Waals surface area contributed by atoms with E-state index < -0.39 is 0 Å². The van der Waals surface area contributed by atoms with Crippen LogP contribution in [0.15, 0.2) is 48.5 Å². The molecular weight excluding hydrogens is 244 g/mol. The smallest absolute Gasteiger partial charge is 0.0361 e. The molecule has 0 atom stereocenters. The van der Waals surface area contributed by atoms with Crippen LogP contribution in [0.25, 0.3) is 11.1 Å². The van der Waals surface area contributed by atoms with Gasteiger partial charge in [-0.2, -0.15) is 0 Å². The van der Waals surface area contributed by atoms with E-state index in [1.807, 2.05) is 0 Å². The van der Waals surface area contributed by atoms with Gasteiger partial charge >= 0.3 is 0 Å². The molecule has 0 radical (unpaired) electrons. The van der Waals surface area contributed by atoms with Crippen LogP contribution < -0.4 is 10.2 Å². The van der Waals surface area contributed by atoms with Gasteiger partial charge in [-0.3, -0.25) is 0 Å². The Bertz CT molecular complexity index is 542. The van der Waals surface area contributed by atoms with E-state index in [1.165, 1.54) is 22.4 Å². The van der Waals surface area contributed by atoms with Crippen LogP contribution >= 0.6 is 0 Å². The first-order valence-electron chi connectivity index (χ1n) is 7.16. The topological polar surface area (TPSA) is 15.3 Å². The Morgan fingerprint density at radius 1 is 0.950 bits per heavy atom. The fraction of sp³-hybridized carbons (Fsp3) is 0.333. The van der Waals surface area contributed by atoms with Gasteiger partial charge in [0.25, 0.3) is 0 Å². The zero-order valence-electron chi connectivity index (χ0n) is 12.9. The SMILES string of the molecule is CC(C)NCc1cccc(-c2ccc(N(C)C)cc2)c1. The molecule has 0 aliphatic carbocycles. The second-order valence-electron chi connectivity index (χ2n) is 5.68. The van der Waals surface area contributed by atoms with Crippen LogP contribution in [-0.2, 0) is 6.54 Å². The van der Waals surface area contributed by atoms with Crippen LogP contribution in [0.3, 0.4) is 0 Å². The monoisotopic (exact) mass is 268 g/mol. The molecule has 0 unspecified atom stereocenters. The molecule has 106 valence electrons. The molecule has 2 nitrogen and oxygen atoms in total. The maximum Gasteiger partial charge on any atom is 0.0361 e. The van der Waals surface area contributed by atoms with Crippen LogP contribution in [0, 0.1) is 0 Å². The minimum absolute atomic E-state index is 0.512. The van der Waals surface area contributed by atoms with Gasteiger partial charge in [0.05, 0.1) is 0 Å². The summed E-state index contributed by atoms with van der Waals surface area (Å²) in [4.78, 5) is 2.12. The summed E-state index contributed by atoms with van der Waals surface area (Å²) < 4.78 is 0. The van der Waals surface area contributed by atoms with Crippen molar-refractivity contribution in [2.24, 2.45) is 0 Å². The highest BCUT2D eigenvalue weighted by Gasteiger charge is 2.01. The summed E-state index contributed by atoms with van der Waals surface area (Å²) >= 11 is 0. The van der Waals surface area contributed by atoms with Gasteiger partial charge in [-0.25, -0.2) is 0 Å². The molecule has 2 rings (SSSR count). The van der Waals surface area contributed by atoms with E-state index in [2.05, 4.69) is 86.7 Å². The molecule has 0 bridgehead atoms. The Morgan fingerprint density at radius 2 is 1.65 bits per heavy atom. The van der Waals surface area contributed by atoms with Crippen LogP contribution in [0.1, 0.15) is 19.4 Å². The van der Waals surface area contributed by atoms with E-state index in [-0.39, 0.29) is 0 Å². The van der Waals surface area contributed by atoms with E-state index in [4.69, 9.17) is 0 Å². The predicted octanol–water partition coefficient (Wildman–Crippen LogP) is 3.92. The molecule has 0 fully saturated rings. The Labute approximate surface area is 122 Å². The van der Waals surface area contributed by atoms with Crippen molar-refractivity contribution < 1.29 is 0 Å². The Hall–Kier alpha value is -1.80. The molecule has 0 spiro atoms. The van der Waals surface area contributed by atoms with E-state index >= 15 is 0 Å². The van der Waals surface area contributed by atoms with Gasteiger partial charge in [-0.15, -0.1) is 0 Å². The van der Waals surface area contributed by atoms with Crippen molar-refractivity contribution in [1.29, 1.82) is 0 Å². The molecule has 0 aliphatic heterocycles. The van der Waals surface area contributed by atoms with Gasteiger partial charge < -0.3 is 10.2 Å². The third kappa shape index (κ3) is 3.84. The molecule has 1 N–H and O–H groups in total. The van der Waals surface area contributed by atoms with Crippen molar-refractivity contribution in [1.82, 2.24) is 5.32 Å². The minimum Gasteiger partial charge on any atom is -0.378 e. The van der Waals surface area contributed by atoms with Gasteiger partial charge in [-0.05, 0) is 34.9 Å². The molecule has 2 heteroatoms. The summed E-state index contributed by atoms with van der Waals surface area (Å²) in [5.74, 6) is 0. The second-order valence-corrected chi connectivity index (χ2v) is 5.68. The zero-order chi connectivity index (χ0) is 14.5. The van der Waals surface area contributed by atoms with Crippen LogP contribution in [0.5, 0.6) is 0 Å². The number of benzene rings is 2. The highest BCUT2D eigenvalue weighted by atomic mass is 15.1. The maximum atomic E-state index is 3.46. The average molecular weight is 268 g/mol. The van der Waals surface area contributed by atoms with E-state index in [1.54, 1.807) is 0 Å². The van der Waals surface area contributed by atoms with E-state index in [0.717, 1.165) is 6.54 Å². The predicted molar refractivity (Wildman–Crippen MR) is 88.2 cm³/mol. The number of nitrogens with one attached hydrogen (secondary N) is 1. The summed E-state index contributed by atoms with van der Waals surface area (Å²) in [6.45, 7) is 5.26. The lowest BCUT2D eigenvalue weighted by Gasteiger charge is -2.13. The molecule has 0 amide bonds. The summed E-state index contributed by atoms with van der Waals surface area (Å²) in [6, 6.07) is 17.9. The van der Waals surface area contributed by atoms with Crippen molar-refractivity contribution in [3.8, 4) is 11.1 Å². The highest BCUT2D eigenvalue weighted by molar-refractivity contribution is 5.66. The van der Waals surface area contributed by atoms with Gasteiger partial charge in [0, 0.05) is 32.4 Å². The third-order valence-corrected chi connectivity index (χ3v) is 3.36. The first kappa shape index (κ1) is 14.6. The van der Waals surface area contributed by atoms with E-state index in [0.29, 0.717) is 6.04 Å². The largest absolute Gasteiger partial charge is 0.378 e. The molecule has 2 aromatic carbocycles. The van der Waals surface area contributed by atoms with Crippen molar-refractivity contribution in [2.75, 3.05) is 19.0 Å². The minimum atomic E-state index is 0.512. The fourth-order valence-corrected chi connectivity index (χ4v) is 2.13. The average Bonchev–Trinajstić information content (AvgIpc) is 2.45. The second kappa shape index (κ2) is 6.58. The summed E-state index contributed by atoms with van der Waals surface area (Å²) in [7, 11) is 4.13. The number of anilines is 1. The normalized spacial score (nSPS) is 10.8. The number of nitrogens with zero attached hydrogens (tertiary/aromatic N) is 1. The first-order valence-corrected chi connectivity index (χ1v) is 7.16. The Kier molecular flexibility index (Phi) is 4.80. The van der Waals surface area contributed by atoms with E-state index in [9.17, 15) is 0 Å². The number of hydrogen-bond donors (Lipinski definition) is 1. The number of rotatable bonds is 5. The highest BCUT2D eigenvalue weighted by Crippen LogP contribution is 2.23. The lowest BCUT2D eigenvalue weighted by atomic mass is 10.0. The Balaban J connectivity index is 2.17. The standard InChI is InChI=1S/C18H24N2/c1-14(2)19-13-15-6-5-7-17(12-15)16-8-10-18(11-9-16)20(3)4/h5-12,14,19H,13H2,1-4H3. The summed E-state index contributed by atoms with van der Waals surface area (Å²) in [6.07, 6.45) is 0. The molecule has 0 saturated heterocycles.